The minimum absolute atomic E-state index is 0.0482. The molecule has 1 aromatic carbocycles. The number of hydrogen-bond acceptors (Lipinski definition) is 4. The largest absolute Gasteiger partial charge is 0.351 e. The number of carbonyl (C=O) groups excluding carboxylic acids is 2. The highest BCUT2D eigenvalue weighted by Gasteiger charge is 2.28. The van der Waals surface area contributed by atoms with Crippen LogP contribution in [0.4, 0.5) is 10.5 Å². The number of anilines is 1. The molecule has 1 aromatic rings. The summed E-state index contributed by atoms with van der Waals surface area (Å²) in [4.78, 5) is 23.3. The second-order valence-corrected chi connectivity index (χ2v) is 7.65. The van der Waals surface area contributed by atoms with Crippen LogP contribution in [-0.4, -0.2) is 44.4 Å². The maximum absolute atomic E-state index is 11.7. The quantitative estimate of drug-likeness (QED) is 0.749. The van der Waals surface area contributed by atoms with Crippen LogP contribution in [0, 0.1) is 0 Å². The van der Waals surface area contributed by atoms with Crippen LogP contribution in [0.15, 0.2) is 24.3 Å². The maximum atomic E-state index is 11.7. The van der Waals surface area contributed by atoms with E-state index in [4.69, 9.17) is 11.6 Å². The highest BCUT2D eigenvalue weighted by molar-refractivity contribution is 7.91. The van der Waals surface area contributed by atoms with Gasteiger partial charge >= 0.3 is 6.03 Å². The Labute approximate surface area is 133 Å². The number of carbonyl (C=O) groups is 2. The van der Waals surface area contributed by atoms with E-state index in [9.17, 15) is 18.0 Å². The average molecular weight is 346 g/mol. The minimum atomic E-state index is -3.04. The van der Waals surface area contributed by atoms with E-state index in [1.807, 2.05) is 0 Å². The molecule has 120 valence electrons. The third-order valence-corrected chi connectivity index (χ3v) is 5.09. The average Bonchev–Trinajstić information content (AvgIpc) is 2.75. The molecule has 1 aliphatic heterocycles. The van der Waals surface area contributed by atoms with Crippen molar-refractivity contribution < 1.29 is 18.0 Å². The van der Waals surface area contributed by atoms with Gasteiger partial charge in [0.2, 0.25) is 5.91 Å². The van der Waals surface area contributed by atoms with Crippen LogP contribution in [-0.2, 0) is 14.6 Å². The molecule has 1 aliphatic rings. The third kappa shape index (κ3) is 5.19. The van der Waals surface area contributed by atoms with E-state index in [1.165, 1.54) is 0 Å². The number of benzene rings is 1. The molecule has 9 heteroatoms. The first-order valence-corrected chi connectivity index (χ1v) is 8.84. The summed E-state index contributed by atoms with van der Waals surface area (Å²) in [6, 6.07) is 5.67. The Kier molecular flexibility index (Phi) is 5.25. The zero-order valence-electron chi connectivity index (χ0n) is 11.6. The number of hydrogen-bond donors (Lipinski definition) is 3. The summed E-state index contributed by atoms with van der Waals surface area (Å²) in [6.45, 7) is -0.233. The molecule has 0 unspecified atom stereocenters. The summed E-state index contributed by atoms with van der Waals surface area (Å²) in [7, 11) is -3.04. The lowest BCUT2D eigenvalue weighted by Crippen LogP contribution is -2.43. The molecule has 0 spiro atoms. The van der Waals surface area contributed by atoms with Gasteiger partial charge in [-0.3, -0.25) is 4.79 Å². The van der Waals surface area contributed by atoms with E-state index in [0.29, 0.717) is 17.1 Å². The van der Waals surface area contributed by atoms with E-state index in [0.717, 1.165) is 0 Å². The Morgan fingerprint density at radius 3 is 2.73 bits per heavy atom. The van der Waals surface area contributed by atoms with Gasteiger partial charge in [0.25, 0.3) is 0 Å². The van der Waals surface area contributed by atoms with Gasteiger partial charge in [0.15, 0.2) is 9.84 Å². The molecule has 0 bridgehead atoms. The summed E-state index contributed by atoms with van der Waals surface area (Å²) < 4.78 is 22.6. The lowest BCUT2D eigenvalue weighted by Gasteiger charge is -2.12. The van der Waals surface area contributed by atoms with Crippen molar-refractivity contribution in [3.8, 4) is 0 Å². The third-order valence-electron chi connectivity index (χ3n) is 3.09. The van der Waals surface area contributed by atoms with Gasteiger partial charge in [-0.25, -0.2) is 13.2 Å². The molecule has 1 heterocycles. The Hall–Kier alpha value is -1.80. The first-order chi connectivity index (χ1) is 10.3. The molecular formula is C13H16ClN3O4S. The SMILES string of the molecule is O=C(CNC(=O)Nc1cccc(Cl)c1)N[C@@H]1CCS(=O)(=O)C1. The van der Waals surface area contributed by atoms with Crippen molar-refractivity contribution in [3.05, 3.63) is 29.3 Å². The van der Waals surface area contributed by atoms with E-state index in [1.54, 1.807) is 24.3 Å². The molecule has 7 nitrogen and oxygen atoms in total. The predicted molar refractivity (Wildman–Crippen MR) is 83.7 cm³/mol. The van der Waals surface area contributed by atoms with E-state index >= 15 is 0 Å². The van der Waals surface area contributed by atoms with Gasteiger partial charge in [0.05, 0.1) is 18.1 Å². The fraction of sp³-hybridized carbons (Fsp3) is 0.385. The Morgan fingerprint density at radius 1 is 1.32 bits per heavy atom. The van der Waals surface area contributed by atoms with Crippen molar-refractivity contribution in [2.45, 2.75) is 12.5 Å². The number of nitrogens with one attached hydrogen (secondary N) is 3. The van der Waals surface area contributed by atoms with Crippen LogP contribution in [0.5, 0.6) is 0 Å². The van der Waals surface area contributed by atoms with E-state index < -0.39 is 21.8 Å². The van der Waals surface area contributed by atoms with Crippen LogP contribution in [0.2, 0.25) is 5.02 Å². The van der Waals surface area contributed by atoms with Crippen molar-refractivity contribution in [2.24, 2.45) is 0 Å². The van der Waals surface area contributed by atoms with Crippen molar-refractivity contribution in [2.75, 3.05) is 23.4 Å². The second-order valence-electron chi connectivity index (χ2n) is 4.99. The molecular weight excluding hydrogens is 330 g/mol. The van der Waals surface area contributed by atoms with Gasteiger partial charge in [-0.2, -0.15) is 0 Å². The molecule has 2 rings (SSSR count). The summed E-state index contributed by atoms with van der Waals surface area (Å²) in [5.74, 6) is -0.392. The molecule has 3 amide bonds. The van der Waals surface area contributed by atoms with Gasteiger partial charge < -0.3 is 16.0 Å². The molecule has 0 radical (unpaired) electrons. The number of rotatable bonds is 4. The van der Waals surface area contributed by atoms with Crippen LogP contribution in [0.3, 0.4) is 0 Å². The first-order valence-electron chi connectivity index (χ1n) is 6.64. The topological polar surface area (TPSA) is 104 Å². The van der Waals surface area contributed by atoms with Crippen molar-refractivity contribution in [1.29, 1.82) is 0 Å². The van der Waals surface area contributed by atoms with Gasteiger partial charge in [-0.15, -0.1) is 0 Å². The highest BCUT2D eigenvalue weighted by atomic mass is 35.5. The summed E-state index contributed by atoms with van der Waals surface area (Å²) in [6.07, 6.45) is 0.406. The molecule has 3 N–H and O–H groups in total. The standard InChI is InChI=1S/C13H16ClN3O4S/c14-9-2-1-3-10(6-9)17-13(19)15-7-12(18)16-11-4-5-22(20,21)8-11/h1-3,6,11H,4-5,7-8H2,(H,16,18)(H2,15,17,19)/t11-/m1/s1. The van der Waals surface area contributed by atoms with Gasteiger partial charge in [0.1, 0.15) is 0 Å². The fourth-order valence-electron chi connectivity index (χ4n) is 2.09. The predicted octanol–water partition coefficient (Wildman–Crippen LogP) is 0.765. The molecule has 1 saturated heterocycles. The van der Waals surface area contributed by atoms with Crippen LogP contribution in [0.1, 0.15) is 6.42 Å². The van der Waals surface area contributed by atoms with Crippen LogP contribution >= 0.6 is 11.6 Å². The van der Waals surface area contributed by atoms with Gasteiger partial charge in [-0.05, 0) is 24.6 Å². The lowest BCUT2D eigenvalue weighted by molar-refractivity contribution is -0.120. The number of halogens is 1. The lowest BCUT2D eigenvalue weighted by atomic mass is 10.2. The van der Waals surface area contributed by atoms with Crippen molar-refractivity contribution in [3.63, 3.8) is 0 Å². The van der Waals surface area contributed by atoms with E-state index in [-0.39, 0.29) is 24.1 Å². The first kappa shape index (κ1) is 16.6. The highest BCUT2D eigenvalue weighted by Crippen LogP contribution is 2.14. The number of amides is 3. The van der Waals surface area contributed by atoms with Gasteiger partial charge in [-0.1, -0.05) is 17.7 Å². The van der Waals surface area contributed by atoms with Crippen molar-refractivity contribution in [1.82, 2.24) is 10.6 Å². The molecule has 0 aromatic heterocycles. The molecule has 0 saturated carbocycles. The van der Waals surface area contributed by atoms with Gasteiger partial charge in [0, 0.05) is 16.8 Å². The number of urea groups is 1. The smallest absolute Gasteiger partial charge is 0.319 e. The maximum Gasteiger partial charge on any atom is 0.319 e. The summed E-state index contributed by atoms with van der Waals surface area (Å²) in [5, 5.41) is 7.99. The molecule has 1 fully saturated rings. The second kappa shape index (κ2) is 6.97. The Morgan fingerprint density at radius 2 is 2.09 bits per heavy atom. The Bertz CT molecular complexity index is 678. The zero-order valence-corrected chi connectivity index (χ0v) is 13.2. The minimum Gasteiger partial charge on any atom is -0.351 e. The molecule has 1 atom stereocenters. The van der Waals surface area contributed by atoms with E-state index in [2.05, 4.69) is 16.0 Å². The Balaban J connectivity index is 1.73. The van der Waals surface area contributed by atoms with Crippen LogP contribution in [0.25, 0.3) is 0 Å². The fourth-order valence-corrected chi connectivity index (χ4v) is 3.95. The monoisotopic (exact) mass is 345 g/mol. The zero-order chi connectivity index (χ0) is 16.2. The molecule has 0 aliphatic carbocycles. The summed E-state index contributed by atoms with van der Waals surface area (Å²) in [5.41, 5.74) is 0.507. The normalized spacial score (nSPS) is 19.4. The van der Waals surface area contributed by atoms with Crippen molar-refractivity contribution >= 4 is 39.1 Å². The molecule has 22 heavy (non-hydrogen) atoms. The van der Waals surface area contributed by atoms with Crippen LogP contribution < -0.4 is 16.0 Å². The summed E-state index contributed by atoms with van der Waals surface area (Å²) >= 11 is 5.79. The number of sulfone groups is 1.